The third-order valence-electron chi connectivity index (χ3n) is 1.35. The first-order valence-corrected chi connectivity index (χ1v) is 3.64. The maximum absolute atomic E-state index is 5.88. The molecule has 1 aromatic rings. The molecule has 0 saturated carbocycles. The number of alkyl halides is 1. The third-order valence-corrected chi connectivity index (χ3v) is 1.82. The molecule has 0 bridgehead atoms. The lowest BCUT2D eigenvalue weighted by Crippen LogP contribution is -2.09. The van der Waals surface area contributed by atoms with Gasteiger partial charge in [-0.3, -0.25) is 0 Å². The molecule has 1 aromatic carbocycles. The van der Waals surface area contributed by atoms with Crippen molar-refractivity contribution in [1.82, 2.24) is 5.32 Å². The fourth-order valence-corrected chi connectivity index (χ4v) is 0.934. The second kappa shape index (κ2) is 3.59. The molecule has 0 fully saturated rings. The smallest absolute Gasteiger partial charge is 0.108 e. The van der Waals surface area contributed by atoms with Crippen LogP contribution in [-0.2, 0) is 0 Å². The highest BCUT2D eigenvalue weighted by Crippen LogP contribution is 2.14. The van der Waals surface area contributed by atoms with Crippen molar-refractivity contribution in [2.24, 2.45) is 0 Å². The van der Waals surface area contributed by atoms with Gasteiger partial charge in [-0.1, -0.05) is 30.3 Å². The van der Waals surface area contributed by atoms with Crippen LogP contribution in [-0.4, -0.2) is 7.05 Å². The molecule has 1 atom stereocenters. The van der Waals surface area contributed by atoms with Crippen LogP contribution in [0.3, 0.4) is 0 Å². The van der Waals surface area contributed by atoms with E-state index in [4.69, 9.17) is 11.6 Å². The molecule has 0 aliphatic rings. The van der Waals surface area contributed by atoms with Crippen molar-refractivity contribution in [3.8, 4) is 0 Å². The van der Waals surface area contributed by atoms with Gasteiger partial charge in [0.1, 0.15) is 5.50 Å². The van der Waals surface area contributed by atoms with Gasteiger partial charge in [-0.15, -0.1) is 11.6 Å². The highest BCUT2D eigenvalue weighted by molar-refractivity contribution is 6.20. The van der Waals surface area contributed by atoms with Crippen molar-refractivity contribution in [1.29, 1.82) is 0 Å². The summed E-state index contributed by atoms with van der Waals surface area (Å²) in [6, 6.07) is 9.91. The van der Waals surface area contributed by atoms with Crippen molar-refractivity contribution in [3.05, 3.63) is 35.9 Å². The Bertz CT molecular complexity index is 186. The van der Waals surface area contributed by atoms with Crippen molar-refractivity contribution in [2.75, 3.05) is 7.05 Å². The van der Waals surface area contributed by atoms with Crippen LogP contribution < -0.4 is 5.32 Å². The first-order valence-electron chi connectivity index (χ1n) is 3.21. The largest absolute Gasteiger partial charge is 0.301 e. The average molecular weight is 156 g/mol. The molecule has 54 valence electrons. The van der Waals surface area contributed by atoms with Gasteiger partial charge in [0.05, 0.1) is 0 Å². The molecule has 1 unspecified atom stereocenters. The van der Waals surface area contributed by atoms with Gasteiger partial charge in [-0.25, -0.2) is 0 Å². The molecule has 1 N–H and O–H groups in total. The maximum atomic E-state index is 5.88. The summed E-state index contributed by atoms with van der Waals surface area (Å²) in [5.41, 5.74) is 1.04. The zero-order valence-electron chi connectivity index (χ0n) is 5.84. The summed E-state index contributed by atoms with van der Waals surface area (Å²) in [6.07, 6.45) is 0. The molecule has 0 amide bonds. The fourth-order valence-electron chi connectivity index (χ4n) is 0.789. The Morgan fingerprint density at radius 3 is 2.40 bits per heavy atom. The lowest BCUT2D eigenvalue weighted by Gasteiger charge is -2.06. The summed E-state index contributed by atoms with van der Waals surface area (Å²) in [6.45, 7) is 0. The third kappa shape index (κ3) is 1.72. The summed E-state index contributed by atoms with van der Waals surface area (Å²) in [4.78, 5) is 0. The Labute approximate surface area is 66.0 Å². The van der Waals surface area contributed by atoms with E-state index in [9.17, 15) is 0 Å². The van der Waals surface area contributed by atoms with E-state index in [1.807, 2.05) is 37.4 Å². The minimum atomic E-state index is -0.0683. The minimum absolute atomic E-state index is 0.0683. The molecule has 10 heavy (non-hydrogen) atoms. The van der Waals surface area contributed by atoms with Crippen LogP contribution in [0.1, 0.15) is 11.1 Å². The summed E-state index contributed by atoms with van der Waals surface area (Å²) in [5.74, 6) is 0. The average Bonchev–Trinajstić information content (AvgIpc) is 2.05. The Morgan fingerprint density at radius 1 is 1.30 bits per heavy atom. The molecule has 0 spiro atoms. The van der Waals surface area contributed by atoms with Gasteiger partial charge in [0.2, 0.25) is 0 Å². The van der Waals surface area contributed by atoms with Crippen LogP contribution in [0.25, 0.3) is 0 Å². The van der Waals surface area contributed by atoms with Crippen molar-refractivity contribution in [2.45, 2.75) is 5.50 Å². The fraction of sp³-hybridized carbons (Fsp3) is 0.250. The zero-order valence-corrected chi connectivity index (χ0v) is 6.60. The molecule has 0 radical (unpaired) electrons. The quantitative estimate of drug-likeness (QED) is 0.510. The van der Waals surface area contributed by atoms with Crippen LogP contribution in [0, 0.1) is 0 Å². The van der Waals surface area contributed by atoms with Gasteiger partial charge in [-0.2, -0.15) is 0 Å². The van der Waals surface area contributed by atoms with Crippen molar-refractivity contribution >= 4 is 11.6 Å². The van der Waals surface area contributed by atoms with Gasteiger partial charge >= 0.3 is 0 Å². The van der Waals surface area contributed by atoms with Crippen molar-refractivity contribution < 1.29 is 0 Å². The van der Waals surface area contributed by atoms with E-state index in [1.54, 1.807) is 0 Å². The SMILES string of the molecule is CNC(Cl)c1ccccc1. The van der Waals surface area contributed by atoms with E-state index in [0.29, 0.717) is 0 Å². The Morgan fingerprint density at radius 2 is 1.90 bits per heavy atom. The monoisotopic (exact) mass is 155 g/mol. The predicted molar refractivity (Wildman–Crippen MR) is 44.1 cm³/mol. The van der Waals surface area contributed by atoms with Crippen LogP contribution in [0.4, 0.5) is 0 Å². The van der Waals surface area contributed by atoms with Gasteiger partial charge in [0, 0.05) is 0 Å². The Balaban J connectivity index is 2.75. The minimum Gasteiger partial charge on any atom is -0.301 e. The van der Waals surface area contributed by atoms with Crippen LogP contribution in [0.2, 0.25) is 0 Å². The highest BCUT2D eigenvalue weighted by atomic mass is 35.5. The number of benzene rings is 1. The maximum Gasteiger partial charge on any atom is 0.108 e. The topological polar surface area (TPSA) is 12.0 Å². The number of nitrogens with one attached hydrogen (secondary N) is 1. The number of hydrogen-bond acceptors (Lipinski definition) is 1. The van der Waals surface area contributed by atoms with Crippen LogP contribution in [0.5, 0.6) is 0 Å². The molecule has 0 heterocycles. The summed E-state index contributed by atoms with van der Waals surface area (Å²) < 4.78 is 0. The van der Waals surface area contributed by atoms with E-state index in [1.165, 1.54) is 0 Å². The Kier molecular flexibility index (Phi) is 2.72. The summed E-state index contributed by atoms with van der Waals surface area (Å²) in [7, 11) is 1.84. The van der Waals surface area contributed by atoms with Crippen LogP contribution >= 0.6 is 11.6 Å². The number of rotatable bonds is 2. The number of hydrogen-bond donors (Lipinski definition) is 1. The first kappa shape index (κ1) is 7.58. The zero-order chi connectivity index (χ0) is 7.40. The lowest BCUT2D eigenvalue weighted by atomic mass is 10.2. The molecule has 1 nitrogen and oxygen atoms in total. The summed E-state index contributed by atoms with van der Waals surface area (Å²) in [5, 5.41) is 2.95. The van der Waals surface area contributed by atoms with Gasteiger partial charge in [0.15, 0.2) is 0 Å². The van der Waals surface area contributed by atoms with E-state index in [0.717, 1.165) is 5.56 Å². The number of halogens is 1. The molecule has 2 heteroatoms. The van der Waals surface area contributed by atoms with E-state index >= 15 is 0 Å². The second-order valence-electron chi connectivity index (χ2n) is 2.06. The molecule has 0 aliphatic carbocycles. The van der Waals surface area contributed by atoms with Gasteiger partial charge in [0.25, 0.3) is 0 Å². The standard InChI is InChI=1S/C8H10ClN/c1-10-8(9)7-5-3-2-4-6-7/h2-6,8,10H,1H3. The summed E-state index contributed by atoms with van der Waals surface area (Å²) >= 11 is 5.88. The molecule has 0 saturated heterocycles. The molecule has 0 aromatic heterocycles. The predicted octanol–water partition coefficient (Wildman–Crippen LogP) is 2.14. The van der Waals surface area contributed by atoms with Crippen molar-refractivity contribution in [3.63, 3.8) is 0 Å². The first-order chi connectivity index (χ1) is 4.84. The van der Waals surface area contributed by atoms with E-state index in [2.05, 4.69) is 5.32 Å². The second-order valence-corrected chi connectivity index (χ2v) is 2.50. The van der Waals surface area contributed by atoms with E-state index in [-0.39, 0.29) is 5.50 Å². The molecular formula is C8H10ClN. The van der Waals surface area contributed by atoms with Crippen LogP contribution in [0.15, 0.2) is 30.3 Å². The molecular weight excluding hydrogens is 146 g/mol. The lowest BCUT2D eigenvalue weighted by molar-refractivity contribution is 0.784. The Hall–Kier alpha value is -0.530. The highest BCUT2D eigenvalue weighted by Gasteiger charge is 2.00. The van der Waals surface area contributed by atoms with Gasteiger partial charge in [-0.05, 0) is 12.6 Å². The molecule has 1 rings (SSSR count). The van der Waals surface area contributed by atoms with Gasteiger partial charge < -0.3 is 5.32 Å². The van der Waals surface area contributed by atoms with E-state index < -0.39 is 0 Å². The normalized spacial score (nSPS) is 13.0. The molecule has 0 aliphatic heterocycles.